The zero-order valence-corrected chi connectivity index (χ0v) is 12.0. The van der Waals surface area contributed by atoms with Gasteiger partial charge in [0.25, 0.3) is 0 Å². The zero-order valence-electron chi connectivity index (χ0n) is 12.0. The lowest BCUT2D eigenvalue weighted by Crippen LogP contribution is -2.42. The molecule has 3 heterocycles. The number of hydrogen-bond donors (Lipinski definition) is 1. The lowest BCUT2D eigenvalue weighted by Gasteiger charge is -2.29. The SMILES string of the molecule is c1ccc(-c2cc(OC3C[C@H]4CC[C@@H](C3)N4)ccn2)cc1. The van der Waals surface area contributed by atoms with Crippen molar-refractivity contribution in [1.82, 2.24) is 10.3 Å². The number of benzene rings is 1. The predicted octanol–water partition coefficient (Wildman–Crippen LogP) is 3.41. The van der Waals surface area contributed by atoms with Gasteiger partial charge in [0.1, 0.15) is 11.9 Å². The van der Waals surface area contributed by atoms with Gasteiger partial charge in [-0.15, -0.1) is 0 Å². The van der Waals surface area contributed by atoms with Gasteiger partial charge in [-0.2, -0.15) is 0 Å². The number of rotatable bonds is 3. The van der Waals surface area contributed by atoms with E-state index in [0.29, 0.717) is 18.2 Å². The molecule has 1 aromatic heterocycles. The number of nitrogens with one attached hydrogen (secondary N) is 1. The van der Waals surface area contributed by atoms with E-state index in [1.165, 1.54) is 12.8 Å². The number of piperidine rings is 1. The van der Waals surface area contributed by atoms with Crippen LogP contribution in [0.5, 0.6) is 5.75 Å². The molecule has 0 spiro atoms. The second-order valence-electron chi connectivity index (χ2n) is 6.09. The molecule has 21 heavy (non-hydrogen) atoms. The maximum Gasteiger partial charge on any atom is 0.123 e. The standard InChI is InChI=1S/C18H20N2O/c1-2-4-13(5-3-1)18-12-16(8-9-19-18)21-17-10-14-6-7-15(11-17)20-14/h1-5,8-9,12,14-15,17,20H,6-7,10-11H2/t14-,15+,17?. The monoisotopic (exact) mass is 280 g/mol. The molecular formula is C18H20N2O. The second kappa shape index (κ2) is 5.49. The Morgan fingerprint density at radius 2 is 1.76 bits per heavy atom. The molecule has 2 aromatic rings. The van der Waals surface area contributed by atoms with E-state index in [9.17, 15) is 0 Å². The number of pyridine rings is 1. The molecule has 2 bridgehead atoms. The normalized spacial score (nSPS) is 27.5. The molecule has 2 aliphatic rings. The van der Waals surface area contributed by atoms with E-state index in [1.54, 1.807) is 0 Å². The molecular weight excluding hydrogens is 260 g/mol. The van der Waals surface area contributed by atoms with Crippen LogP contribution in [0.1, 0.15) is 25.7 Å². The first-order chi connectivity index (χ1) is 10.4. The number of hydrogen-bond acceptors (Lipinski definition) is 3. The van der Waals surface area contributed by atoms with Crippen molar-refractivity contribution in [3.8, 4) is 17.0 Å². The number of aromatic nitrogens is 1. The molecule has 0 saturated carbocycles. The summed E-state index contributed by atoms with van der Waals surface area (Å²) in [6, 6.07) is 15.6. The van der Waals surface area contributed by atoms with Gasteiger partial charge in [-0.05, 0) is 31.7 Å². The molecule has 1 unspecified atom stereocenters. The smallest absolute Gasteiger partial charge is 0.123 e. The van der Waals surface area contributed by atoms with Crippen LogP contribution in [0.15, 0.2) is 48.7 Å². The first kappa shape index (κ1) is 12.8. The highest BCUT2D eigenvalue weighted by Gasteiger charge is 2.34. The number of nitrogens with zero attached hydrogens (tertiary/aromatic N) is 1. The Hall–Kier alpha value is -1.87. The van der Waals surface area contributed by atoms with E-state index in [4.69, 9.17) is 4.74 Å². The topological polar surface area (TPSA) is 34.1 Å². The van der Waals surface area contributed by atoms with Crippen LogP contribution in [0.4, 0.5) is 0 Å². The van der Waals surface area contributed by atoms with Gasteiger partial charge in [-0.3, -0.25) is 4.98 Å². The minimum absolute atomic E-state index is 0.342. The van der Waals surface area contributed by atoms with Gasteiger partial charge in [0.2, 0.25) is 0 Å². The highest BCUT2D eigenvalue weighted by atomic mass is 16.5. The molecule has 2 saturated heterocycles. The average molecular weight is 280 g/mol. The van der Waals surface area contributed by atoms with Crippen LogP contribution in [-0.4, -0.2) is 23.2 Å². The summed E-state index contributed by atoms with van der Waals surface area (Å²) in [4.78, 5) is 4.45. The number of ether oxygens (including phenoxy) is 1. The van der Waals surface area contributed by atoms with Gasteiger partial charge in [-0.1, -0.05) is 30.3 Å². The fourth-order valence-corrected chi connectivity index (χ4v) is 3.54. The lowest BCUT2D eigenvalue weighted by molar-refractivity contribution is 0.137. The molecule has 3 nitrogen and oxygen atoms in total. The summed E-state index contributed by atoms with van der Waals surface area (Å²) in [6.45, 7) is 0. The zero-order chi connectivity index (χ0) is 14.1. The summed E-state index contributed by atoms with van der Waals surface area (Å²) in [5, 5.41) is 3.65. The van der Waals surface area contributed by atoms with Crippen molar-refractivity contribution < 1.29 is 4.74 Å². The predicted molar refractivity (Wildman–Crippen MR) is 83.3 cm³/mol. The lowest BCUT2D eigenvalue weighted by atomic mass is 10.0. The fourth-order valence-electron chi connectivity index (χ4n) is 3.54. The second-order valence-corrected chi connectivity index (χ2v) is 6.09. The van der Waals surface area contributed by atoms with Crippen molar-refractivity contribution in [2.45, 2.75) is 43.9 Å². The summed E-state index contributed by atoms with van der Waals surface area (Å²) >= 11 is 0. The molecule has 3 atom stereocenters. The van der Waals surface area contributed by atoms with E-state index < -0.39 is 0 Å². The van der Waals surface area contributed by atoms with Gasteiger partial charge >= 0.3 is 0 Å². The van der Waals surface area contributed by atoms with Crippen LogP contribution in [-0.2, 0) is 0 Å². The van der Waals surface area contributed by atoms with E-state index in [-0.39, 0.29) is 0 Å². The Bertz CT molecular complexity index is 602. The van der Waals surface area contributed by atoms with Crippen molar-refractivity contribution in [2.75, 3.05) is 0 Å². The maximum absolute atomic E-state index is 6.22. The van der Waals surface area contributed by atoms with Crippen molar-refractivity contribution >= 4 is 0 Å². The molecule has 0 amide bonds. The van der Waals surface area contributed by atoms with Gasteiger partial charge in [0.15, 0.2) is 0 Å². The Morgan fingerprint density at radius 3 is 2.52 bits per heavy atom. The number of fused-ring (bicyclic) bond motifs is 2. The summed E-state index contributed by atoms with van der Waals surface area (Å²) in [5.41, 5.74) is 2.11. The van der Waals surface area contributed by atoms with Crippen LogP contribution in [0.25, 0.3) is 11.3 Å². The molecule has 4 rings (SSSR count). The summed E-state index contributed by atoms with van der Waals surface area (Å²) in [5.74, 6) is 0.940. The minimum atomic E-state index is 0.342. The van der Waals surface area contributed by atoms with Crippen molar-refractivity contribution in [2.24, 2.45) is 0 Å². The van der Waals surface area contributed by atoms with Crippen molar-refractivity contribution in [3.63, 3.8) is 0 Å². The first-order valence-corrected chi connectivity index (χ1v) is 7.81. The highest BCUT2D eigenvalue weighted by molar-refractivity contribution is 5.60. The highest BCUT2D eigenvalue weighted by Crippen LogP contribution is 2.30. The average Bonchev–Trinajstić information content (AvgIpc) is 2.87. The molecule has 0 aliphatic carbocycles. The van der Waals surface area contributed by atoms with E-state index in [0.717, 1.165) is 29.8 Å². The van der Waals surface area contributed by atoms with Crippen LogP contribution < -0.4 is 10.1 Å². The third-order valence-corrected chi connectivity index (χ3v) is 4.53. The van der Waals surface area contributed by atoms with Crippen LogP contribution >= 0.6 is 0 Å². The quantitative estimate of drug-likeness (QED) is 0.935. The Morgan fingerprint density at radius 1 is 1.00 bits per heavy atom. The molecule has 2 aliphatic heterocycles. The van der Waals surface area contributed by atoms with E-state index in [2.05, 4.69) is 28.5 Å². The van der Waals surface area contributed by atoms with E-state index in [1.807, 2.05) is 30.5 Å². The Balaban J connectivity index is 1.51. The first-order valence-electron chi connectivity index (χ1n) is 7.81. The molecule has 0 radical (unpaired) electrons. The summed E-state index contributed by atoms with van der Waals surface area (Å²) < 4.78 is 6.22. The minimum Gasteiger partial charge on any atom is -0.490 e. The van der Waals surface area contributed by atoms with Crippen molar-refractivity contribution in [3.05, 3.63) is 48.7 Å². The van der Waals surface area contributed by atoms with Crippen LogP contribution in [0.2, 0.25) is 0 Å². The van der Waals surface area contributed by atoms with E-state index >= 15 is 0 Å². The Labute approximate surface area is 125 Å². The van der Waals surface area contributed by atoms with Crippen molar-refractivity contribution in [1.29, 1.82) is 0 Å². The van der Waals surface area contributed by atoms with Gasteiger partial charge < -0.3 is 10.1 Å². The third-order valence-electron chi connectivity index (χ3n) is 4.53. The molecule has 3 heteroatoms. The van der Waals surface area contributed by atoms with Gasteiger partial charge in [0, 0.05) is 29.9 Å². The van der Waals surface area contributed by atoms with Crippen LogP contribution in [0.3, 0.4) is 0 Å². The largest absolute Gasteiger partial charge is 0.490 e. The molecule has 108 valence electrons. The molecule has 1 N–H and O–H groups in total. The maximum atomic E-state index is 6.22. The molecule has 2 fully saturated rings. The summed E-state index contributed by atoms with van der Waals surface area (Å²) in [6.07, 6.45) is 7.04. The van der Waals surface area contributed by atoms with Crippen LogP contribution in [0, 0.1) is 0 Å². The fraction of sp³-hybridized carbons (Fsp3) is 0.389. The molecule has 1 aromatic carbocycles. The summed E-state index contributed by atoms with van der Waals surface area (Å²) in [7, 11) is 0. The van der Waals surface area contributed by atoms with Gasteiger partial charge in [-0.25, -0.2) is 0 Å². The third kappa shape index (κ3) is 2.79. The van der Waals surface area contributed by atoms with Gasteiger partial charge in [0.05, 0.1) is 5.69 Å². The Kier molecular flexibility index (Phi) is 3.36.